The van der Waals surface area contributed by atoms with Crippen LogP contribution in [0.3, 0.4) is 0 Å². The van der Waals surface area contributed by atoms with Crippen molar-refractivity contribution in [2.75, 3.05) is 52.9 Å². The molecule has 31 rings (SSSR count). The number of ether oxygens (including phenoxy) is 16. The maximum Gasteiger partial charge on any atom is 0.297 e. The third-order valence-electron chi connectivity index (χ3n) is 20.4. The van der Waals surface area contributed by atoms with Crippen LogP contribution in [0, 0.1) is 0 Å². The van der Waals surface area contributed by atoms with Gasteiger partial charge in [-0.2, -0.15) is 8.42 Å². The zero-order chi connectivity index (χ0) is 77.7. The molecule has 30 heterocycles. The topological polar surface area (TPSA) is 656 Å². The molecule has 0 aliphatic carbocycles. The van der Waals surface area contributed by atoms with Crippen LogP contribution in [0.15, 0.2) is 17.0 Å². The van der Waals surface area contributed by atoms with Crippen molar-refractivity contribution < 1.29 is 206 Å². The second kappa shape index (κ2) is 35.9. The Balaban J connectivity index is 0.962. The Hall–Kier alpha value is -2.43. The first-order chi connectivity index (χ1) is 50.1. The van der Waals surface area contributed by atoms with E-state index in [1.54, 1.807) is 39.8 Å². The minimum atomic E-state index is -4.94. The highest BCUT2D eigenvalue weighted by molar-refractivity contribution is 7.86. The van der Waals surface area contributed by atoms with Gasteiger partial charge in [-0.3, -0.25) is 4.18 Å². The van der Waals surface area contributed by atoms with E-state index < -0.39 is 320 Å². The average molecular weight is 1560 g/mol. The lowest BCUT2D eigenvalue weighted by Crippen LogP contribution is -2.69. The first-order valence-corrected chi connectivity index (χ1v) is 36.2. The summed E-state index contributed by atoms with van der Waals surface area (Å²) >= 11 is 0. The van der Waals surface area contributed by atoms with Crippen LogP contribution >= 0.6 is 0 Å². The zero-order valence-corrected chi connectivity index (χ0v) is 58.9. The molecule has 40 atom stereocenters. The van der Waals surface area contributed by atoms with Crippen molar-refractivity contribution in [1.29, 1.82) is 0 Å². The summed E-state index contributed by atoms with van der Waals surface area (Å²) in [6.07, 6.45) is -85.1. The van der Waals surface area contributed by atoms with Crippen LogP contribution in [0.1, 0.15) is 76.0 Å². The Morgan fingerprint density at radius 3 is 0.604 bits per heavy atom. The van der Waals surface area contributed by atoms with Crippen LogP contribution in [-0.2, 0) is 90.1 Å². The highest BCUT2D eigenvalue weighted by atomic mass is 32.2. The van der Waals surface area contributed by atoms with Gasteiger partial charge in [-0.05, 0) is 34.4 Å². The number of benzene rings is 1. The van der Waals surface area contributed by atoms with Crippen molar-refractivity contribution in [3.8, 4) is 0 Å². The summed E-state index contributed by atoms with van der Waals surface area (Å²) in [5.41, 5.74) is 1.48. The lowest BCUT2D eigenvalue weighted by molar-refractivity contribution is -0.404. The van der Waals surface area contributed by atoms with Gasteiger partial charge < -0.3 is 193 Å². The van der Waals surface area contributed by atoms with Gasteiger partial charge in [0.25, 0.3) is 10.1 Å². The van der Waals surface area contributed by atoms with E-state index in [0.717, 1.165) is 5.56 Å². The molecule has 0 radical (unpaired) electrons. The third kappa shape index (κ3) is 17.3. The number of hydrogen-bond acceptors (Lipinski definition) is 42. The Morgan fingerprint density at radius 1 is 0.274 bits per heavy atom. The molecular weight excluding hydrogens is 1460 g/mol. The first-order valence-electron chi connectivity index (χ1n) is 34.8. The molecule has 1 aromatic rings. The van der Waals surface area contributed by atoms with E-state index in [1.165, 1.54) is 0 Å². The monoisotopic (exact) mass is 1560 g/mol. The molecule has 1 aromatic carbocycles. The van der Waals surface area contributed by atoms with Crippen LogP contribution in [0.2, 0.25) is 0 Å². The summed E-state index contributed by atoms with van der Waals surface area (Å²) in [7, 11) is -4.94. The largest absolute Gasteiger partial charge is 0.394 e. The van der Waals surface area contributed by atoms with Crippen LogP contribution < -0.4 is 0 Å². The maximum absolute atomic E-state index is 14.8. The normalized spacial score (nSPS) is 48.3. The van der Waals surface area contributed by atoms with Crippen molar-refractivity contribution in [3.05, 3.63) is 28.8 Å². The van der Waals surface area contributed by atoms with Crippen LogP contribution in [0.4, 0.5) is 0 Å². The summed E-state index contributed by atoms with van der Waals surface area (Å²) in [4.78, 5) is -0.233. The fraction of sp³-hybridized carbons (Fsp3) is 0.905. The molecule has 0 spiro atoms. The summed E-state index contributed by atoms with van der Waals surface area (Å²) in [6, 6.07) is 3.41. The molecule has 43 heteroatoms. The smallest absolute Gasteiger partial charge is 0.297 e. The maximum atomic E-state index is 14.8. The molecule has 30 fully saturated rings. The number of rotatable bonds is 14. The standard InChI is InChI=1S/C63H102O42S/c1-17(2)20-7-21(18(3)4)55(22(8-20)19(5)6)106(87,88)89-16-30-54-38(78)46(86)63(97-30)104-53-29(15-70)95-61(44(84)36(53)76)102-51-27(13-68)93-59(42(82)34(51)74)100-49-25(11-66)91-57(40(80)32(49)72)98-47-23(9-64)90-56(39(79)31(47)71)99-48-24(10-65)92-58(41(81)33(48)73)101-50-26(12-67)94-60(43(83)35(50)75)103-52-28(14-69)96-62(105-54)45(85)37(52)77/h7-8,17-19,23-54,56-86H,9-16H2,1-6H3/t23-,24-,25-,26-,27-,28-,29-,30-,31-,32-,33+,34-,35-,36-,37+,38-,39-,40-,41+,42-,43-,44-,45-,46-,47-,48-,49-,50-,51-,52-,53-,54-,56-,57-,58-,59-,60-,61-,62-,63-/m1/s1. The van der Waals surface area contributed by atoms with Gasteiger partial charge in [-0.25, -0.2) is 0 Å². The molecule has 30 aliphatic heterocycles. The Labute approximate surface area is 605 Å². The second-order valence-corrected chi connectivity index (χ2v) is 30.1. The van der Waals surface area contributed by atoms with Crippen molar-refractivity contribution in [3.63, 3.8) is 0 Å². The van der Waals surface area contributed by atoms with E-state index >= 15 is 0 Å². The molecule has 0 unspecified atom stereocenters. The fourth-order valence-electron chi connectivity index (χ4n) is 14.3. The van der Waals surface area contributed by atoms with Gasteiger partial charge in [0, 0.05) is 0 Å². The molecule has 16 bridgehead atoms. The summed E-state index contributed by atoms with van der Waals surface area (Å²) in [5, 5.41) is 260. The molecule has 30 saturated heterocycles. The van der Waals surface area contributed by atoms with E-state index in [0.29, 0.717) is 11.1 Å². The van der Waals surface area contributed by atoms with Crippen molar-refractivity contribution in [2.45, 2.75) is 310 Å². The summed E-state index contributed by atoms with van der Waals surface area (Å²) in [5.74, 6) is -0.942. The van der Waals surface area contributed by atoms with Gasteiger partial charge in [0.05, 0.1) is 52.9 Å². The predicted octanol–water partition coefficient (Wildman–Crippen LogP) is -12.6. The lowest BCUT2D eigenvalue weighted by atomic mass is 9.89. The summed E-state index contributed by atoms with van der Waals surface area (Å²) in [6.45, 7) is 1.76. The molecule has 612 valence electrons. The molecule has 0 amide bonds. The van der Waals surface area contributed by atoms with E-state index in [9.17, 15) is 126 Å². The van der Waals surface area contributed by atoms with Crippen LogP contribution in [0.25, 0.3) is 0 Å². The molecule has 42 nitrogen and oxygen atoms in total. The van der Waals surface area contributed by atoms with Gasteiger partial charge in [0.15, 0.2) is 50.3 Å². The third-order valence-corrected chi connectivity index (χ3v) is 21.9. The minimum absolute atomic E-state index is 0.0685. The highest BCUT2D eigenvalue weighted by Crippen LogP contribution is 2.42. The second-order valence-electron chi connectivity index (χ2n) is 28.5. The van der Waals surface area contributed by atoms with Gasteiger partial charge in [0.2, 0.25) is 0 Å². The van der Waals surface area contributed by atoms with Gasteiger partial charge in [0.1, 0.15) is 200 Å². The molecule has 106 heavy (non-hydrogen) atoms. The minimum Gasteiger partial charge on any atom is -0.394 e. The van der Waals surface area contributed by atoms with Crippen molar-refractivity contribution in [1.82, 2.24) is 0 Å². The van der Waals surface area contributed by atoms with Gasteiger partial charge in [-0.15, -0.1) is 0 Å². The Bertz CT molecular complexity index is 3010. The number of aliphatic hydroxyl groups is 23. The van der Waals surface area contributed by atoms with Crippen molar-refractivity contribution >= 4 is 10.1 Å². The Morgan fingerprint density at radius 2 is 0.443 bits per heavy atom. The molecular formula is C63H102O42S. The first kappa shape index (κ1) is 86.0. The fourth-order valence-corrected chi connectivity index (χ4v) is 15.9. The molecule has 0 aromatic heterocycles. The van der Waals surface area contributed by atoms with E-state index in [4.69, 9.17) is 80.0 Å². The Kier molecular flexibility index (Phi) is 29.2. The predicted molar refractivity (Wildman–Crippen MR) is 336 cm³/mol. The van der Waals surface area contributed by atoms with E-state index in [2.05, 4.69) is 0 Å². The molecule has 23 N–H and O–H groups in total. The lowest BCUT2D eigenvalue weighted by Gasteiger charge is -2.50. The zero-order valence-electron chi connectivity index (χ0n) is 58.1. The van der Waals surface area contributed by atoms with Crippen LogP contribution in [0.5, 0.6) is 0 Å². The van der Waals surface area contributed by atoms with Gasteiger partial charge >= 0.3 is 0 Å². The highest BCUT2D eigenvalue weighted by Gasteiger charge is 2.61. The van der Waals surface area contributed by atoms with Gasteiger partial charge in [-0.1, -0.05) is 53.7 Å². The number of hydrogen-bond donors (Lipinski definition) is 23. The average Bonchev–Trinajstić information content (AvgIpc) is 0.778. The van der Waals surface area contributed by atoms with E-state index in [-0.39, 0.29) is 10.8 Å². The summed E-state index contributed by atoms with van der Waals surface area (Å²) < 4.78 is 129. The van der Waals surface area contributed by atoms with Crippen molar-refractivity contribution in [2.24, 2.45) is 0 Å². The molecule has 30 aliphatic rings. The quantitative estimate of drug-likeness (QED) is 0.0769. The van der Waals surface area contributed by atoms with E-state index in [1.807, 2.05) is 13.8 Å². The molecule has 0 saturated carbocycles. The van der Waals surface area contributed by atoms with Crippen LogP contribution in [-0.4, -0.2) is 424 Å². The number of aliphatic hydroxyl groups excluding tert-OH is 23. The SMILES string of the molecule is CC(C)c1cc(C(C)C)c(S(=O)(=O)OC[C@H]2O[C@@H]3O[C@H]4[C@H](O)[C@@H](O)[C@@H](O[C@H]5[C@H](O)[C@@H](O)[C@@H](O[C@H]6[C@H](O)[C@@H](O)[C@@H](O[C@H]7[C@H](O)[C@@H](O)[C@@H](O[C@H]8[C@@H](O)[C@H](O)[C@@H](O[C@H]9[C@H](O)[C@@H](O)[C@@H](O[C@H]%10[C@@H](O)[C@@H](O)[C@@H](O[C@H]2[C@H](O)[C@H]3O)O[C@@H]%10CO)O[C@@H]9CO)O[C@@H]8CO)O[C@@H]7CO)O[C@@H]6CO)O[C@@H]5CO)O[C@@H]4CO)c(C(C)C)c1.